The lowest BCUT2D eigenvalue weighted by molar-refractivity contribution is -0.127. The molecule has 1 saturated heterocycles. The summed E-state index contributed by atoms with van der Waals surface area (Å²) in [4.78, 5) is 25.9. The Hall–Kier alpha value is -2.34. The summed E-state index contributed by atoms with van der Waals surface area (Å²) in [5, 5.41) is 4.57. The van der Waals surface area contributed by atoms with Crippen LogP contribution in [0.4, 0.5) is 0 Å². The van der Waals surface area contributed by atoms with Crippen molar-refractivity contribution in [1.82, 2.24) is 14.7 Å². The van der Waals surface area contributed by atoms with Crippen molar-refractivity contribution in [3.05, 3.63) is 52.8 Å². The fourth-order valence-corrected chi connectivity index (χ4v) is 3.28. The van der Waals surface area contributed by atoms with E-state index in [9.17, 15) is 9.59 Å². The van der Waals surface area contributed by atoms with Gasteiger partial charge in [0.2, 0.25) is 5.91 Å². The van der Waals surface area contributed by atoms with Crippen molar-refractivity contribution in [2.75, 3.05) is 13.7 Å². The highest BCUT2D eigenvalue weighted by Crippen LogP contribution is 2.37. The van der Waals surface area contributed by atoms with Gasteiger partial charge in [0.25, 0.3) is 0 Å². The number of hydrogen-bond donors (Lipinski definition) is 0. The Kier molecular flexibility index (Phi) is 4.57. The van der Waals surface area contributed by atoms with Crippen molar-refractivity contribution in [2.24, 2.45) is 13.0 Å². The van der Waals surface area contributed by atoms with E-state index in [1.807, 2.05) is 18.2 Å². The highest BCUT2D eigenvalue weighted by Gasteiger charge is 2.39. The molecule has 0 spiro atoms. The van der Waals surface area contributed by atoms with E-state index in [0.29, 0.717) is 17.0 Å². The predicted octanol–water partition coefficient (Wildman–Crippen LogP) is 2.45. The third-order valence-electron chi connectivity index (χ3n) is 4.25. The maximum Gasteiger partial charge on any atom is 0.341 e. The highest BCUT2D eigenvalue weighted by atomic mass is 35.5. The lowest BCUT2D eigenvalue weighted by atomic mass is 9.94. The maximum absolute atomic E-state index is 12.1. The first kappa shape index (κ1) is 16.5. The van der Waals surface area contributed by atoms with Crippen LogP contribution in [0.15, 0.2) is 36.7 Å². The summed E-state index contributed by atoms with van der Waals surface area (Å²) in [6.07, 6.45) is 3.40. The summed E-state index contributed by atoms with van der Waals surface area (Å²) < 4.78 is 6.94. The van der Waals surface area contributed by atoms with Crippen LogP contribution in [0.5, 0.6) is 0 Å². The van der Waals surface area contributed by atoms with E-state index in [4.69, 9.17) is 16.3 Å². The minimum Gasteiger partial charge on any atom is -0.462 e. The van der Waals surface area contributed by atoms with Gasteiger partial charge in [0.05, 0.1) is 24.4 Å². The number of likely N-dealkylation sites (tertiary alicyclic amines) is 1. The molecule has 0 aliphatic carbocycles. The molecule has 0 saturated carbocycles. The number of carbonyl (C=O) groups is 2. The zero-order valence-electron chi connectivity index (χ0n) is 13.5. The van der Waals surface area contributed by atoms with Crippen molar-refractivity contribution in [2.45, 2.75) is 12.5 Å². The van der Waals surface area contributed by atoms with Gasteiger partial charge >= 0.3 is 5.97 Å². The van der Waals surface area contributed by atoms with Crippen LogP contribution in [0.25, 0.3) is 0 Å². The molecule has 0 N–H and O–H groups in total. The Morgan fingerprint density at radius 2 is 2.21 bits per heavy atom. The van der Waals surface area contributed by atoms with Gasteiger partial charge in [0, 0.05) is 37.7 Å². The zero-order chi connectivity index (χ0) is 17.3. The fraction of sp³-hybridized carbons (Fsp3) is 0.353. The van der Waals surface area contributed by atoms with Crippen LogP contribution in [0, 0.1) is 5.92 Å². The molecule has 1 aliphatic rings. The molecule has 1 aliphatic heterocycles. The van der Waals surface area contributed by atoms with E-state index in [2.05, 4.69) is 5.10 Å². The molecule has 1 fully saturated rings. The molecule has 126 valence electrons. The number of ether oxygens (including phenoxy) is 1. The minimum atomic E-state index is -0.435. The average Bonchev–Trinajstić information content (AvgIpc) is 3.09. The van der Waals surface area contributed by atoms with Crippen LogP contribution in [-0.2, 0) is 16.6 Å². The van der Waals surface area contributed by atoms with Gasteiger partial charge in [0.15, 0.2) is 0 Å². The van der Waals surface area contributed by atoms with E-state index in [1.165, 1.54) is 10.9 Å². The number of amides is 1. The lowest BCUT2D eigenvalue weighted by Crippen LogP contribution is -2.26. The van der Waals surface area contributed by atoms with Crippen molar-refractivity contribution in [1.29, 1.82) is 0 Å². The summed E-state index contributed by atoms with van der Waals surface area (Å²) in [5.74, 6) is -0.515. The second-order valence-electron chi connectivity index (χ2n) is 5.97. The maximum atomic E-state index is 12.1. The van der Waals surface area contributed by atoms with Crippen molar-refractivity contribution in [3.63, 3.8) is 0 Å². The number of esters is 1. The van der Waals surface area contributed by atoms with Crippen LogP contribution in [0.1, 0.15) is 28.4 Å². The Morgan fingerprint density at radius 1 is 1.42 bits per heavy atom. The topological polar surface area (TPSA) is 64.4 Å². The Bertz CT molecular complexity index is 774. The quantitative estimate of drug-likeness (QED) is 0.797. The van der Waals surface area contributed by atoms with Gasteiger partial charge in [-0.15, -0.1) is 0 Å². The molecular formula is C17H18ClN3O3. The molecule has 0 bridgehead atoms. The number of carbonyl (C=O) groups excluding carboxylic acids is 2. The van der Waals surface area contributed by atoms with Gasteiger partial charge in [-0.2, -0.15) is 5.10 Å². The second-order valence-corrected chi connectivity index (χ2v) is 6.41. The Morgan fingerprint density at radius 3 is 2.88 bits per heavy atom. The molecule has 1 aromatic heterocycles. The second kappa shape index (κ2) is 6.65. The molecular weight excluding hydrogens is 330 g/mol. The first-order valence-corrected chi connectivity index (χ1v) is 8.00. The van der Waals surface area contributed by atoms with Gasteiger partial charge in [0.1, 0.15) is 0 Å². The largest absolute Gasteiger partial charge is 0.462 e. The molecule has 7 heteroatoms. The molecule has 0 radical (unpaired) electrons. The zero-order valence-corrected chi connectivity index (χ0v) is 14.2. The van der Waals surface area contributed by atoms with E-state index < -0.39 is 5.97 Å². The normalized spacial score (nSPS) is 20.5. The van der Waals surface area contributed by atoms with Crippen LogP contribution in [-0.4, -0.2) is 40.2 Å². The molecule has 2 heterocycles. The standard InChI is InChI=1S/C17H18ClN3O3/c1-20-9-13(8-19-20)17(23)24-10-12-7-15(22)21(2)16(12)11-4-3-5-14(18)6-11/h3-6,8-9,12,16H,7,10H2,1-2H3/t12-,16+/m1/s1. The van der Waals surface area contributed by atoms with Gasteiger partial charge in [-0.05, 0) is 17.7 Å². The van der Waals surface area contributed by atoms with E-state index in [1.54, 1.807) is 31.3 Å². The van der Waals surface area contributed by atoms with E-state index in [-0.39, 0.29) is 24.5 Å². The van der Waals surface area contributed by atoms with Crippen molar-refractivity contribution < 1.29 is 14.3 Å². The van der Waals surface area contributed by atoms with Crippen LogP contribution >= 0.6 is 11.6 Å². The highest BCUT2D eigenvalue weighted by molar-refractivity contribution is 6.30. The van der Waals surface area contributed by atoms with Gasteiger partial charge < -0.3 is 9.64 Å². The molecule has 6 nitrogen and oxygen atoms in total. The summed E-state index contributed by atoms with van der Waals surface area (Å²) >= 11 is 6.07. The molecule has 1 aromatic carbocycles. The van der Waals surface area contributed by atoms with Crippen LogP contribution < -0.4 is 0 Å². The summed E-state index contributed by atoms with van der Waals surface area (Å²) in [7, 11) is 3.49. The molecule has 2 aromatic rings. The number of aryl methyl sites for hydroxylation is 1. The predicted molar refractivity (Wildman–Crippen MR) is 88.6 cm³/mol. The minimum absolute atomic E-state index is 0.0300. The third-order valence-corrected chi connectivity index (χ3v) is 4.49. The Labute approximate surface area is 145 Å². The number of nitrogens with zero attached hydrogens (tertiary/aromatic N) is 3. The first-order chi connectivity index (χ1) is 11.5. The van der Waals surface area contributed by atoms with Crippen LogP contribution in [0.3, 0.4) is 0 Å². The molecule has 0 unspecified atom stereocenters. The van der Waals surface area contributed by atoms with Crippen molar-refractivity contribution in [3.8, 4) is 0 Å². The van der Waals surface area contributed by atoms with Gasteiger partial charge in [-0.25, -0.2) is 4.79 Å². The number of hydrogen-bond acceptors (Lipinski definition) is 4. The molecule has 2 atom stereocenters. The van der Waals surface area contributed by atoms with E-state index in [0.717, 1.165) is 5.56 Å². The smallest absolute Gasteiger partial charge is 0.341 e. The number of rotatable bonds is 4. The van der Waals surface area contributed by atoms with E-state index >= 15 is 0 Å². The van der Waals surface area contributed by atoms with Gasteiger partial charge in [-0.3, -0.25) is 9.48 Å². The number of halogens is 1. The number of aromatic nitrogens is 2. The number of benzene rings is 1. The lowest BCUT2D eigenvalue weighted by Gasteiger charge is -2.25. The summed E-state index contributed by atoms with van der Waals surface area (Å²) in [5.41, 5.74) is 1.34. The molecule has 1 amide bonds. The average molecular weight is 348 g/mol. The first-order valence-electron chi connectivity index (χ1n) is 7.62. The molecule has 24 heavy (non-hydrogen) atoms. The third kappa shape index (κ3) is 3.28. The summed E-state index contributed by atoms with van der Waals surface area (Å²) in [6.45, 7) is 0.168. The SMILES string of the molecule is CN1C(=O)C[C@H](COC(=O)c2cnn(C)c2)[C@@H]1c1cccc(Cl)c1. The fourth-order valence-electron chi connectivity index (χ4n) is 3.08. The van der Waals surface area contributed by atoms with Crippen molar-refractivity contribution >= 4 is 23.5 Å². The Balaban J connectivity index is 1.73. The summed E-state index contributed by atoms with van der Waals surface area (Å²) in [6, 6.07) is 7.27. The van der Waals surface area contributed by atoms with Gasteiger partial charge in [-0.1, -0.05) is 23.7 Å². The van der Waals surface area contributed by atoms with Crippen LogP contribution in [0.2, 0.25) is 5.02 Å². The molecule has 3 rings (SSSR count). The monoisotopic (exact) mass is 347 g/mol.